The summed E-state index contributed by atoms with van der Waals surface area (Å²) in [5, 5.41) is 10.6. The number of aromatic nitrogens is 4. The molecule has 0 aliphatic heterocycles. The molecule has 0 atom stereocenters. The number of hydrogen-bond donors (Lipinski definition) is 1. The summed E-state index contributed by atoms with van der Waals surface area (Å²) in [4.78, 5) is 15.2. The molecule has 0 fully saturated rings. The molecule has 134 valence electrons. The predicted octanol–water partition coefficient (Wildman–Crippen LogP) is 2.79. The molecule has 3 aromatic rings. The Morgan fingerprint density at radius 3 is 2.54 bits per heavy atom. The highest BCUT2D eigenvalue weighted by molar-refractivity contribution is 5.93. The van der Waals surface area contributed by atoms with Gasteiger partial charge in [0.1, 0.15) is 11.4 Å². The fraction of sp³-hybridized carbons (Fsp3) is 0.176. The third kappa shape index (κ3) is 4.24. The molecule has 3 rings (SSSR count). The van der Waals surface area contributed by atoms with Gasteiger partial charge in [0.2, 0.25) is 0 Å². The molecule has 0 radical (unpaired) electrons. The van der Waals surface area contributed by atoms with Gasteiger partial charge in [-0.05, 0) is 12.1 Å². The Bertz CT molecular complexity index is 875. The Kier molecular flexibility index (Phi) is 4.97. The number of benzene rings is 1. The number of amides is 1. The zero-order valence-electron chi connectivity index (χ0n) is 13.4. The molecular formula is C17H14F3N5O. The molecule has 0 aliphatic carbocycles. The smallest absolute Gasteiger partial charge is 0.350 e. The molecule has 0 spiro atoms. The lowest BCUT2D eigenvalue weighted by atomic mass is 10.2. The van der Waals surface area contributed by atoms with Crippen molar-refractivity contribution in [2.45, 2.75) is 12.7 Å². The summed E-state index contributed by atoms with van der Waals surface area (Å²) in [5.74, 6) is -0.505. The molecular weight excluding hydrogens is 347 g/mol. The van der Waals surface area contributed by atoms with E-state index in [1.165, 1.54) is 0 Å². The van der Waals surface area contributed by atoms with Gasteiger partial charge >= 0.3 is 6.18 Å². The molecule has 0 bridgehead atoms. The molecule has 1 aromatic carbocycles. The average Bonchev–Trinajstić information content (AvgIpc) is 3.11. The monoisotopic (exact) mass is 361 g/mol. The van der Waals surface area contributed by atoms with Crippen LogP contribution < -0.4 is 5.32 Å². The van der Waals surface area contributed by atoms with Crippen LogP contribution in [0, 0.1) is 0 Å². The van der Waals surface area contributed by atoms with Gasteiger partial charge in [-0.1, -0.05) is 35.5 Å². The van der Waals surface area contributed by atoms with Gasteiger partial charge in [0.15, 0.2) is 0 Å². The van der Waals surface area contributed by atoms with Gasteiger partial charge in [0, 0.05) is 18.3 Å². The first kappa shape index (κ1) is 17.6. The molecule has 2 heterocycles. The summed E-state index contributed by atoms with van der Waals surface area (Å²) in [5.41, 5.74) is 0.661. The Labute approximate surface area is 146 Å². The van der Waals surface area contributed by atoms with E-state index in [0.717, 1.165) is 23.9 Å². The minimum absolute atomic E-state index is 0.0570. The van der Waals surface area contributed by atoms with Crippen molar-refractivity contribution in [1.29, 1.82) is 0 Å². The lowest BCUT2D eigenvalue weighted by Gasteiger charge is -2.07. The second-order valence-electron chi connectivity index (χ2n) is 5.42. The first-order valence-electron chi connectivity index (χ1n) is 7.70. The zero-order chi connectivity index (χ0) is 18.6. The van der Waals surface area contributed by atoms with Crippen LogP contribution in [0.3, 0.4) is 0 Å². The van der Waals surface area contributed by atoms with Crippen molar-refractivity contribution in [3.63, 3.8) is 0 Å². The summed E-state index contributed by atoms with van der Waals surface area (Å²) in [6, 6.07) is 11.4. The summed E-state index contributed by atoms with van der Waals surface area (Å²) >= 11 is 0. The second-order valence-corrected chi connectivity index (χ2v) is 5.42. The van der Waals surface area contributed by atoms with Crippen molar-refractivity contribution in [2.24, 2.45) is 0 Å². The fourth-order valence-electron chi connectivity index (χ4n) is 2.23. The van der Waals surface area contributed by atoms with E-state index >= 15 is 0 Å². The lowest BCUT2D eigenvalue weighted by Crippen LogP contribution is -2.27. The Balaban J connectivity index is 1.53. The van der Waals surface area contributed by atoms with E-state index in [-0.39, 0.29) is 12.1 Å². The number of carbonyl (C=O) groups is 1. The van der Waals surface area contributed by atoms with Crippen LogP contribution in [0.25, 0.3) is 11.3 Å². The maximum Gasteiger partial charge on any atom is 0.433 e. The van der Waals surface area contributed by atoms with Gasteiger partial charge in [-0.25, -0.2) is 0 Å². The molecule has 9 heteroatoms. The number of alkyl halides is 3. The minimum Gasteiger partial charge on any atom is -0.350 e. The summed E-state index contributed by atoms with van der Waals surface area (Å²) in [6.07, 6.45) is -1.87. The summed E-state index contributed by atoms with van der Waals surface area (Å²) in [7, 11) is 0. The number of rotatable bonds is 5. The molecule has 0 aliphatic rings. The highest BCUT2D eigenvalue weighted by Gasteiger charge is 2.32. The van der Waals surface area contributed by atoms with Crippen LogP contribution in [0.2, 0.25) is 0 Å². The number of halogens is 3. The Hall–Kier alpha value is -3.23. The molecule has 6 nitrogen and oxygen atoms in total. The standard InChI is InChI=1S/C17H14F3N5O/c18-17(19,20)15-7-6-13(10-22-15)16(26)21-8-9-25-11-14(23-24-25)12-4-2-1-3-5-12/h1-7,10-11H,8-9H2,(H,21,26). The van der Waals surface area contributed by atoms with Crippen LogP contribution in [-0.2, 0) is 12.7 Å². The van der Waals surface area contributed by atoms with Crippen LogP contribution >= 0.6 is 0 Å². The van der Waals surface area contributed by atoms with Crippen LogP contribution in [0.1, 0.15) is 16.1 Å². The molecule has 26 heavy (non-hydrogen) atoms. The quantitative estimate of drug-likeness (QED) is 0.759. The van der Waals surface area contributed by atoms with E-state index in [9.17, 15) is 18.0 Å². The Morgan fingerprint density at radius 2 is 1.88 bits per heavy atom. The first-order chi connectivity index (χ1) is 12.4. The van der Waals surface area contributed by atoms with Crippen molar-refractivity contribution in [1.82, 2.24) is 25.3 Å². The molecule has 0 saturated carbocycles. The highest BCUT2D eigenvalue weighted by Crippen LogP contribution is 2.27. The average molecular weight is 361 g/mol. The molecule has 2 aromatic heterocycles. The SMILES string of the molecule is O=C(NCCn1cc(-c2ccccc2)nn1)c1ccc(C(F)(F)F)nc1. The third-order valence-corrected chi connectivity index (χ3v) is 3.55. The van der Waals surface area contributed by atoms with Crippen molar-refractivity contribution < 1.29 is 18.0 Å². The van der Waals surface area contributed by atoms with E-state index in [1.54, 1.807) is 10.9 Å². The largest absolute Gasteiger partial charge is 0.433 e. The van der Waals surface area contributed by atoms with Crippen LogP contribution in [-0.4, -0.2) is 32.4 Å². The number of nitrogens with zero attached hydrogens (tertiary/aromatic N) is 4. The molecule has 0 unspecified atom stereocenters. The van der Waals surface area contributed by atoms with Gasteiger partial charge in [-0.3, -0.25) is 14.5 Å². The normalized spacial score (nSPS) is 11.3. The van der Waals surface area contributed by atoms with Gasteiger partial charge in [-0.2, -0.15) is 13.2 Å². The van der Waals surface area contributed by atoms with E-state index in [0.29, 0.717) is 12.2 Å². The van der Waals surface area contributed by atoms with E-state index in [1.807, 2.05) is 30.3 Å². The van der Waals surface area contributed by atoms with E-state index in [4.69, 9.17) is 0 Å². The predicted molar refractivity (Wildman–Crippen MR) is 87.0 cm³/mol. The summed E-state index contributed by atoms with van der Waals surface area (Å²) < 4.78 is 38.9. The lowest BCUT2D eigenvalue weighted by molar-refractivity contribution is -0.141. The highest BCUT2D eigenvalue weighted by atomic mass is 19.4. The second kappa shape index (κ2) is 7.34. The van der Waals surface area contributed by atoms with E-state index < -0.39 is 17.8 Å². The number of nitrogens with one attached hydrogen (secondary N) is 1. The maximum atomic E-state index is 12.5. The molecule has 1 N–H and O–H groups in total. The zero-order valence-corrected chi connectivity index (χ0v) is 13.4. The fourth-order valence-corrected chi connectivity index (χ4v) is 2.23. The number of carbonyl (C=O) groups excluding carboxylic acids is 1. The van der Waals surface area contributed by atoms with Crippen molar-refractivity contribution in [3.8, 4) is 11.3 Å². The maximum absolute atomic E-state index is 12.5. The molecule has 0 saturated heterocycles. The van der Waals surface area contributed by atoms with Crippen LogP contribution in [0.4, 0.5) is 13.2 Å². The van der Waals surface area contributed by atoms with E-state index in [2.05, 4.69) is 20.6 Å². The summed E-state index contributed by atoms with van der Waals surface area (Å²) in [6.45, 7) is 0.622. The third-order valence-electron chi connectivity index (χ3n) is 3.55. The van der Waals surface area contributed by atoms with Gasteiger partial charge < -0.3 is 5.32 Å². The van der Waals surface area contributed by atoms with Gasteiger partial charge in [0.05, 0.1) is 18.3 Å². The van der Waals surface area contributed by atoms with Crippen molar-refractivity contribution >= 4 is 5.91 Å². The first-order valence-corrected chi connectivity index (χ1v) is 7.70. The number of hydrogen-bond acceptors (Lipinski definition) is 4. The van der Waals surface area contributed by atoms with Crippen LogP contribution in [0.15, 0.2) is 54.9 Å². The van der Waals surface area contributed by atoms with Crippen molar-refractivity contribution in [3.05, 3.63) is 66.1 Å². The van der Waals surface area contributed by atoms with Gasteiger partial charge in [-0.15, -0.1) is 5.10 Å². The molecule has 1 amide bonds. The number of pyridine rings is 1. The Morgan fingerprint density at radius 1 is 1.12 bits per heavy atom. The minimum atomic E-state index is -4.53. The van der Waals surface area contributed by atoms with Crippen LogP contribution in [0.5, 0.6) is 0 Å². The topological polar surface area (TPSA) is 72.7 Å². The van der Waals surface area contributed by atoms with Gasteiger partial charge in [0.25, 0.3) is 5.91 Å². The van der Waals surface area contributed by atoms with Crippen molar-refractivity contribution in [2.75, 3.05) is 6.54 Å².